The number of nitrogens with two attached hydrogens (primary N) is 1. The molecule has 10 nitrogen and oxygen atoms in total. The molecule has 4 amide bonds. The van der Waals surface area contributed by atoms with Crippen LogP contribution in [-0.4, -0.2) is 114 Å². The lowest BCUT2D eigenvalue weighted by Gasteiger charge is -2.43. The molecule has 0 aliphatic carbocycles. The number of likely N-dealkylation sites (N-methyl/N-ethyl adjacent to an activating group) is 1. The highest BCUT2D eigenvalue weighted by atomic mass is 35.5. The molecule has 3 saturated heterocycles. The number of hydrogen-bond donors (Lipinski definition) is 2. The maximum Gasteiger partial charge on any atom is 0.418 e. The largest absolute Gasteiger partial charge is 0.418 e. The van der Waals surface area contributed by atoms with Crippen molar-refractivity contribution >= 4 is 40.8 Å². The second-order valence-electron chi connectivity index (χ2n) is 13.9. The minimum absolute atomic E-state index is 0. The van der Waals surface area contributed by atoms with Crippen LogP contribution in [0, 0.1) is 5.92 Å². The summed E-state index contributed by atoms with van der Waals surface area (Å²) in [7, 11) is 2.11. The van der Waals surface area contributed by atoms with E-state index in [4.69, 9.17) is 17.3 Å². The van der Waals surface area contributed by atoms with Crippen LogP contribution >= 0.6 is 11.6 Å². The Hall–Kier alpha value is -3.55. The molecule has 4 aliphatic rings. The van der Waals surface area contributed by atoms with Gasteiger partial charge in [0.05, 0.1) is 22.2 Å². The van der Waals surface area contributed by atoms with Crippen LogP contribution < -0.4 is 11.1 Å². The number of carbonyl (C=O) groups is 3. The number of amides is 4. The molecular weight excluding hydrogens is 671 g/mol. The normalized spacial score (nSPS) is 20.6. The zero-order chi connectivity index (χ0) is 34.9. The van der Waals surface area contributed by atoms with E-state index < -0.39 is 23.3 Å². The minimum Gasteiger partial charge on any atom is -0.397 e. The third kappa shape index (κ3) is 8.48. The van der Waals surface area contributed by atoms with Crippen molar-refractivity contribution in [3.63, 3.8) is 0 Å². The zero-order valence-electron chi connectivity index (χ0n) is 27.9. The highest BCUT2D eigenvalue weighted by Gasteiger charge is 2.38. The number of nitrogen functional groups attached to an aromatic ring is 1. The molecule has 4 heterocycles. The second-order valence-corrected chi connectivity index (χ2v) is 14.3. The number of piperazine rings is 1. The molecule has 2 aromatic rings. The summed E-state index contributed by atoms with van der Waals surface area (Å²) in [5.41, 5.74) is 6.12. The maximum absolute atomic E-state index is 14.1. The first-order valence-electron chi connectivity index (χ1n) is 17.2. The number of hydrogen-bond acceptors (Lipinski definition) is 6. The smallest absolute Gasteiger partial charge is 0.397 e. The molecule has 2 aromatic carbocycles. The lowest BCUT2D eigenvalue weighted by atomic mass is 9.91. The summed E-state index contributed by atoms with van der Waals surface area (Å²) in [6.45, 7) is 6.36. The quantitative estimate of drug-likeness (QED) is 0.372. The summed E-state index contributed by atoms with van der Waals surface area (Å²) >= 11 is 6.14. The SMILES string of the molecule is C.CN1CCN(C2CCN(C(=O)[C@H](CC(=O)N3CCC(N4Cc5ccccc5NC4=O)CC3)Cc3cc(Cl)c(N)c(C(F)(F)F)c3)CC2)CC1. The van der Waals surface area contributed by atoms with E-state index >= 15 is 0 Å². The zero-order valence-corrected chi connectivity index (χ0v) is 28.6. The number of anilines is 2. The van der Waals surface area contributed by atoms with Gasteiger partial charge in [-0.1, -0.05) is 37.2 Å². The number of fused-ring (bicyclic) bond motifs is 1. The molecule has 3 fully saturated rings. The predicted octanol–water partition coefficient (Wildman–Crippen LogP) is 5.40. The second kappa shape index (κ2) is 15.8. The van der Waals surface area contributed by atoms with Crippen LogP contribution in [0.1, 0.15) is 56.2 Å². The molecule has 0 bridgehead atoms. The van der Waals surface area contributed by atoms with Gasteiger partial charge in [0.1, 0.15) is 0 Å². The highest BCUT2D eigenvalue weighted by molar-refractivity contribution is 6.33. The molecule has 0 saturated carbocycles. The lowest BCUT2D eigenvalue weighted by Crippen LogP contribution is -2.54. The summed E-state index contributed by atoms with van der Waals surface area (Å²) < 4.78 is 41.4. The predicted molar refractivity (Wildman–Crippen MR) is 189 cm³/mol. The molecule has 0 radical (unpaired) electrons. The van der Waals surface area contributed by atoms with Crippen molar-refractivity contribution in [3.8, 4) is 0 Å². The molecule has 14 heteroatoms. The maximum atomic E-state index is 14.1. The molecule has 4 aliphatic heterocycles. The van der Waals surface area contributed by atoms with Crippen molar-refractivity contribution in [1.82, 2.24) is 24.5 Å². The first kappa shape index (κ1) is 37.7. The van der Waals surface area contributed by atoms with E-state index in [9.17, 15) is 27.6 Å². The Labute approximate surface area is 297 Å². The Morgan fingerprint density at radius 3 is 2.22 bits per heavy atom. The fourth-order valence-electron chi connectivity index (χ4n) is 7.74. The monoisotopic (exact) mass is 719 g/mol. The number of piperidine rings is 2. The Morgan fingerprint density at radius 2 is 1.56 bits per heavy atom. The average molecular weight is 720 g/mol. The number of likely N-dealkylation sites (tertiary alicyclic amines) is 2. The molecule has 6 rings (SSSR count). The van der Waals surface area contributed by atoms with Crippen molar-refractivity contribution in [1.29, 1.82) is 0 Å². The van der Waals surface area contributed by atoms with Gasteiger partial charge in [0.15, 0.2) is 0 Å². The molecular formula is C36H49ClF3N7O3. The molecule has 0 spiro atoms. The van der Waals surface area contributed by atoms with Gasteiger partial charge in [-0.2, -0.15) is 13.2 Å². The first-order valence-corrected chi connectivity index (χ1v) is 17.5. The summed E-state index contributed by atoms with van der Waals surface area (Å²) in [4.78, 5) is 50.8. The van der Waals surface area contributed by atoms with Gasteiger partial charge < -0.3 is 30.7 Å². The average Bonchev–Trinajstić information content (AvgIpc) is 3.09. The van der Waals surface area contributed by atoms with E-state index in [0.717, 1.165) is 56.3 Å². The standard InChI is InChI=1S/C35H45ClF3N7O3.CH4/c1-42-14-16-43(17-15-42)26-6-12-45(13-7-26)33(48)25(18-23-19-28(35(37,38)39)32(40)29(36)20-23)21-31(47)44-10-8-27(9-11-44)46-22-24-4-2-3-5-30(24)41-34(46)49;/h2-5,19-20,25-27H,6-18,21-22,40H2,1H3,(H,41,49);1H4/t25-;/m0./s1. The Kier molecular flexibility index (Phi) is 11.9. The topological polar surface area (TPSA) is 105 Å². The number of nitrogens with one attached hydrogen (secondary N) is 1. The van der Waals surface area contributed by atoms with Gasteiger partial charge in [-0.3, -0.25) is 14.5 Å². The van der Waals surface area contributed by atoms with Crippen LogP contribution in [-0.2, 0) is 28.7 Å². The van der Waals surface area contributed by atoms with Crippen molar-refractivity contribution in [2.24, 2.45) is 5.92 Å². The van der Waals surface area contributed by atoms with E-state index in [2.05, 4.69) is 22.2 Å². The third-order valence-corrected chi connectivity index (χ3v) is 11.0. The molecule has 274 valence electrons. The van der Waals surface area contributed by atoms with Crippen LogP contribution in [0.4, 0.5) is 29.3 Å². The van der Waals surface area contributed by atoms with E-state index in [0.29, 0.717) is 51.6 Å². The Balaban J connectivity index is 0.00000486. The molecule has 3 N–H and O–H groups in total. The third-order valence-electron chi connectivity index (χ3n) is 10.7. The van der Waals surface area contributed by atoms with Gasteiger partial charge in [-0.15, -0.1) is 0 Å². The first-order chi connectivity index (χ1) is 23.4. The van der Waals surface area contributed by atoms with Gasteiger partial charge in [0.25, 0.3) is 0 Å². The number of para-hydroxylation sites is 1. The summed E-state index contributed by atoms with van der Waals surface area (Å²) in [6.07, 6.45) is -2.14. The van der Waals surface area contributed by atoms with Crippen LogP contribution in [0.15, 0.2) is 36.4 Å². The number of nitrogens with zero attached hydrogens (tertiary/aromatic N) is 5. The molecule has 50 heavy (non-hydrogen) atoms. The number of urea groups is 1. The van der Waals surface area contributed by atoms with Crippen molar-refractivity contribution < 1.29 is 27.6 Å². The molecule has 0 unspecified atom stereocenters. The van der Waals surface area contributed by atoms with E-state index in [1.807, 2.05) is 29.2 Å². The van der Waals surface area contributed by atoms with E-state index in [-0.39, 0.29) is 54.7 Å². The van der Waals surface area contributed by atoms with Gasteiger partial charge in [0.2, 0.25) is 11.8 Å². The lowest BCUT2D eigenvalue weighted by molar-refractivity contribution is -0.143. The van der Waals surface area contributed by atoms with Gasteiger partial charge >= 0.3 is 12.2 Å². The molecule has 0 aromatic heterocycles. The van der Waals surface area contributed by atoms with Gasteiger partial charge in [-0.25, -0.2) is 4.79 Å². The van der Waals surface area contributed by atoms with Crippen LogP contribution in [0.3, 0.4) is 0 Å². The summed E-state index contributed by atoms with van der Waals surface area (Å²) in [6, 6.07) is 10.2. The number of halogens is 4. The highest BCUT2D eigenvalue weighted by Crippen LogP contribution is 2.39. The fraction of sp³-hybridized carbons (Fsp3) is 0.583. The minimum atomic E-state index is -4.72. The van der Waals surface area contributed by atoms with E-state index in [1.165, 1.54) is 6.07 Å². The van der Waals surface area contributed by atoms with Crippen molar-refractivity contribution in [3.05, 3.63) is 58.1 Å². The van der Waals surface area contributed by atoms with Gasteiger partial charge in [0, 0.05) is 83.1 Å². The Bertz CT molecular complexity index is 1540. The van der Waals surface area contributed by atoms with Crippen LogP contribution in [0.25, 0.3) is 0 Å². The number of alkyl halides is 3. The summed E-state index contributed by atoms with van der Waals surface area (Å²) in [5, 5.41) is 2.72. The van der Waals surface area contributed by atoms with Gasteiger partial charge in [-0.05, 0) is 68.5 Å². The van der Waals surface area contributed by atoms with Crippen LogP contribution in [0.2, 0.25) is 5.02 Å². The summed E-state index contributed by atoms with van der Waals surface area (Å²) in [5.74, 6) is -1.32. The Morgan fingerprint density at radius 1 is 0.940 bits per heavy atom. The number of carbonyl (C=O) groups excluding carboxylic acids is 3. The van der Waals surface area contributed by atoms with Crippen molar-refractivity contribution in [2.75, 3.05) is 70.5 Å². The fourth-order valence-corrected chi connectivity index (χ4v) is 7.98. The number of benzene rings is 2. The number of rotatable bonds is 7. The van der Waals surface area contributed by atoms with E-state index in [1.54, 1.807) is 9.80 Å². The van der Waals surface area contributed by atoms with Crippen molar-refractivity contribution in [2.45, 2.75) is 70.8 Å². The van der Waals surface area contributed by atoms with Crippen LogP contribution in [0.5, 0.6) is 0 Å². The molecule has 1 atom stereocenters.